The molecule has 0 bridgehead atoms. The van der Waals surface area contributed by atoms with Crippen molar-refractivity contribution >= 4 is 27.7 Å². The van der Waals surface area contributed by atoms with Gasteiger partial charge in [-0.15, -0.1) is 10.2 Å². The molecule has 6 nitrogen and oxygen atoms in total. The molecule has 3 heterocycles. The molecule has 5 rings (SSSR count). The number of nitrogens with zero attached hydrogens (tertiary/aromatic N) is 6. The highest BCUT2D eigenvalue weighted by molar-refractivity contribution is 9.10. The van der Waals surface area contributed by atoms with Crippen LogP contribution in [-0.2, 0) is 19.5 Å². The van der Waals surface area contributed by atoms with Crippen LogP contribution in [0.4, 0.5) is 0 Å². The van der Waals surface area contributed by atoms with Crippen molar-refractivity contribution < 1.29 is 0 Å². The Labute approximate surface area is 190 Å². The van der Waals surface area contributed by atoms with Gasteiger partial charge in [-0.2, -0.15) is 5.10 Å². The van der Waals surface area contributed by atoms with Gasteiger partial charge in [0.15, 0.2) is 11.0 Å². The van der Waals surface area contributed by atoms with E-state index < -0.39 is 0 Å². The molecule has 1 aliphatic heterocycles. The lowest BCUT2D eigenvalue weighted by atomic mass is 9.95. The largest absolute Gasteiger partial charge is 0.305 e. The van der Waals surface area contributed by atoms with Crippen molar-refractivity contribution in [2.45, 2.75) is 30.3 Å². The molecule has 0 spiro atoms. The van der Waals surface area contributed by atoms with Crippen molar-refractivity contribution in [2.24, 2.45) is 20.0 Å². The molecule has 2 aliphatic rings. The second-order valence-corrected chi connectivity index (χ2v) is 10.6. The van der Waals surface area contributed by atoms with Gasteiger partial charge in [-0.3, -0.25) is 4.68 Å². The van der Waals surface area contributed by atoms with Gasteiger partial charge in [-0.25, -0.2) is 0 Å². The van der Waals surface area contributed by atoms with Crippen LogP contribution in [0.3, 0.4) is 0 Å². The highest BCUT2D eigenvalue weighted by Crippen LogP contribution is 2.59. The van der Waals surface area contributed by atoms with Crippen LogP contribution in [0, 0.1) is 12.8 Å². The lowest BCUT2D eigenvalue weighted by molar-refractivity contribution is 0.299. The summed E-state index contributed by atoms with van der Waals surface area (Å²) < 4.78 is 5.12. The quantitative estimate of drug-likeness (QED) is 0.372. The lowest BCUT2D eigenvalue weighted by Crippen LogP contribution is -2.27. The zero-order chi connectivity index (χ0) is 20.9. The number of halogens is 1. The normalized spacial score (nSPS) is 23.1. The topological polar surface area (TPSA) is 51.8 Å². The number of thioether (sulfide) groups is 1. The van der Waals surface area contributed by atoms with Crippen molar-refractivity contribution in [1.82, 2.24) is 29.4 Å². The summed E-state index contributed by atoms with van der Waals surface area (Å²) in [6.45, 7) is 5.67. The zero-order valence-corrected chi connectivity index (χ0v) is 20.1. The standard InChI is InChI=1S/C22H27BrN6S/c1-15-19(12-24-28(15)3)20-25-26-21(27(20)2)30-10-4-9-29-13-17-11-22(17,14-29)16-5-7-18(23)8-6-16/h5-8,12,17H,4,9-11,13-14H2,1-3H3. The molecule has 158 valence electrons. The van der Waals surface area contributed by atoms with E-state index in [4.69, 9.17) is 0 Å². The number of aromatic nitrogens is 5. The Morgan fingerprint density at radius 2 is 2.00 bits per heavy atom. The van der Waals surface area contributed by atoms with Crippen molar-refractivity contribution in [3.63, 3.8) is 0 Å². The number of piperidine rings is 1. The average Bonchev–Trinajstić information content (AvgIpc) is 2.98. The predicted octanol–water partition coefficient (Wildman–Crippen LogP) is 4.04. The molecule has 30 heavy (non-hydrogen) atoms. The minimum Gasteiger partial charge on any atom is -0.305 e. The third kappa shape index (κ3) is 3.52. The number of rotatable bonds is 7. The predicted molar refractivity (Wildman–Crippen MR) is 124 cm³/mol. The maximum Gasteiger partial charge on any atom is 0.191 e. The average molecular weight is 487 g/mol. The Morgan fingerprint density at radius 1 is 1.20 bits per heavy atom. The van der Waals surface area contributed by atoms with Crippen LogP contribution in [-0.4, -0.2) is 54.8 Å². The van der Waals surface area contributed by atoms with Gasteiger partial charge in [0.25, 0.3) is 0 Å². The van der Waals surface area contributed by atoms with E-state index in [1.807, 2.05) is 25.0 Å². The second-order valence-electron chi connectivity index (χ2n) is 8.63. The number of benzene rings is 1. The van der Waals surface area contributed by atoms with Gasteiger partial charge in [0, 0.05) is 48.5 Å². The first-order valence-electron chi connectivity index (χ1n) is 10.5. The van der Waals surface area contributed by atoms with E-state index >= 15 is 0 Å². The Bertz CT molecular complexity index is 1060. The first kappa shape index (κ1) is 20.3. The van der Waals surface area contributed by atoms with E-state index in [0.29, 0.717) is 5.41 Å². The fourth-order valence-electron chi connectivity index (χ4n) is 4.83. The summed E-state index contributed by atoms with van der Waals surface area (Å²) in [4.78, 5) is 2.65. The fourth-order valence-corrected chi connectivity index (χ4v) is 5.93. The first-order chi connectivity index (χ1) is 14.5. The van der Waals surface area contributed by atoms with Crippen molar-refractivity contribution in [2.75, 3.05) is 25.4 Å². The van der Waals surface area contributed by atoms with Crippen LogP contribution < -0.4 is 0 Å². The highest BCUT2D eigenvalue weighted by atomic mass is 79.9. The van der Waals surface area contributed by atoms with Crippen LogP contribution >= 0.6 is 27.7 Å². The smallest absolute Gasteiger partial charge is 0.191 e. The Kier molecular flexibility index (Phi) is 5.27. The van der Waals surface area contributed by atoms with Crippen molar-refractivity contribution in [1.29, 1.82) is 0 Å². The molecule has 0 radical (unpaired) electrons. The van der Waals surface area contributed by atoms with Gasteiger partial charge < -0.3 is 9.47 Å². The molecule has 3 aromatic rings. The van der Waals surface area contributed by atoms with Crippen molar-refractivity contribution in [3.05, 3.63) is 46.2 Å². The molecule has 2 fully saturated rings. The second kappa shape index (κ2) is 7.80. The monoisotopic (exact) mass is 486 g/mol. The molecule has 8 heteroatoms. The summed E-state index contributed by atoms with van der Waals surface area (Å²) in [7, 11) is 3.99. The van der Waals surface area contributed by atoms with Gasteiger partial charge >= 0.3 is 0 Å². The van der Waals surface area contributed by atoms with Crippen LogP contribution in [0.5, 0.6) is 0 Å². The maximum atomic E-state index is 4.41. The summed E-state index contributed by atoms with van der Waals surface area (Å²) >= 11 is 5.35. The minimum absolute atomic E-state index is 0.425. The molecule has 2 atom stereocenters. The summed E-state index contributed by atoms with van der Waals surface area (Å²) in [6, 6.07) is 8.97. The molecule has 1 saturated carbocycles. The summed E-state index contributed by atoms with van der Waals surface area (Å²) in [5.74, 6) is 2.79. The molecule has 1 saturated heterocycles. The number of fused-ring (bicyclic) bond motifs is 1. The number of hydrogen-bond donors (Lipinski definition) is 0. The van der Waals surface area contributed by atoms with Crippen LogP contribution in [0.25, 0.3) is 11.4 Å². The fraction of sp³-hybridized carbons (Fsp3) is 0.500. The molecule has 2 aromatic heterocycles. The van der Waals surface area contributed by atoms with Gasteiger partial charge in [-0.05, 0) is 49.9 Å². The third-order valence-electron chi connectivity index (χ3n) is 6.80. The molecular weight excluding hydrogens is 460 g/mol. The maximum absolute atomic E-state index is 4.41. The van der Waals surface area contributed by atoms with E-state index in [0.717, 1.165) is 44.9 Å². The van der Waals surface area contributed by atoms with E-state index in [1.165, 1.54) is 31.5 Å². The highest BCUT2D eigenvalue weighted by Gasteiger charge is 2.60. The molecular formula is C22H27BrN6S. The van der Waals surface area contributed by atoms with E-state index in [9.17, 15) is 0 Å². The lowest BCUT2D eigenvalue weighted by Gasteiger charge is -2.21. The molecule has 0 amide bonds. The van der Waals surface area contributed by atoms with Gasteiger partial charge in [0.05, 0.1) is 11.8 Å². The summed E-state index contributed by atoms with van der Waals surface area (Å²) in [5.41, 5.74) is 4.10. The van der Waals surface area contributed by atoms with Gasteiger partial charge in [0.2, 0.25) is 0 Å². The number of aryl methyl sites for hydroxylation is 1. The van der Waals surface area contributed by atoms with Gasteiger partial charge in [-0.1, -0.05) is 39.8 Å². The van der Waals surface area contributed by atoms with Gasteiger partial charge in [0.1, 0.15) is 0 Å². The van der Waals surface area contributed by atoms with E-state index in [1.54, 1.807) is 11.8 Å². The van der Waals surface area contributed by atoms with Crippen LogP contribution in [0.1, 0.15) is 24.1 Å². The minimum atomic E-state index is 0.425. The summed E-state index contributed by atoms with van der Waals surface area (Å²) in [5, 5.41) is 14.1. The molecule has 1 aromatic carbocycles. The SMILES string of the molecule is Cc1c(-c2nnc(SCCCN3CC4CC4(c4ccc(Br)cc4)C3)n2C)cnn1C. The molecule has 0 N–H and O–H groups in total. The Hall–Kier alpha value is -1.64. The van der Waals surface area contributed by atoms with E-state index in [-0.39, 0.29) is 0 Å². The van der Waals surface area contributed by atoms with Crippen molar-refractivity contribution in [3.8, 4) is 11.4 Å². The van der Waals surface area contributed by atoms with Crippen LogP contribution in [0.15, 0.2) is 40.1 Å². The molecule has 1 aliphatic carbocycles. The first-order valence-corrected chi connectivity index (χ1v) is 12.3. The zero-order valence-electron chi connectivity index (χ0n) is 17.7. The molecule has 2 unspecified atom stereocenters. The number of hydrogen-bond acceptors (Lipinski definition) is 5. The third-order valence-corrected chi connectivity index (χ3v) is 8.43. The number of likely N-dealkylation sites (tertiary alicyclic amines) is 1. The van der Waals surface area contributed by atoms with Crippen LogP contribution in [0.2, 0.25) is 0 Å². The summed E-state index contributed by atoms with van der Waals surface area (Å²) in [6.07, 6.45) is 4.39. The Morgan fingerprint density at radius 3 is 2.73 bits per heavy atom. The van der Waals surface area contributed by atoms with E-state index in [2.05, 4.69) is 71.9 Å². The Balaban J connectivity index is 1.13.